The second-order valence-corrected chi connectivity index (χ2v) is 7.37. The normalized spacial score (nSPS) is 13.1. The van der Waals surface area contributed by atoms with E-state index >= 15 is 0 Å². The Kier molecular flexibility index (Phi) is 5.41. The van der Waals surface area contributed by atoms with Crippen LogP contribution in [0.3, 0.4) is 0 Å². The van der Waals surface area contributed by atoms with E-state index in [1.54, 1.807) is 30.3 Å². The predicted octanol–water partition coefficient (Wildman–Crippen LogP) is 5.11. The van der Waals surface area contributed by atoms with Crippen molar-refractivity contribution < 1.29 is 13.5 Å². The van der Waals surface area contributed by atoms with E-state index in [1.807, 2.05) is 22.6 Å². The summed E-state index contributed by atoms with van der Waals surface area (Å²) in [5, 5.41) is 2.97. The van der Waals surface area contributed by atoms with E-state index < -0.39 is 11.6 Å². The van der Waals surface area contributed by atoms with Gasteiger partial charge in [-0.1, -0.05) is 13.2 Å². The molecule has 0 unspecified atom stereocenters. The van der Waals surface area contributed by atoms with Gasteiger partial charge in [-0.15, -0.1) is 0 Å². The van der Waals surface area contributed by atoms with E-state index in [1.165, 1.54) is 18.2 Å². The van der Waals surface area contributed by atoms with Gasteiger partial charge < -0.3 is 20.7 Å². The Morgan fingerprint density at radius 2 is 2.00 bits per heavy atom. The fourth-order valence-corrected chi connectivity index (χ4v) is 3.22. The van der Waals surface area contributed by atoms with Gasteiger partial charge in [0, 0.05) is 33.7 Å². The molecule has 1 heterocycles. The molecule has 0 fully saturated rings. The maximum Gasteiger partial charge on any atom is 0.147 e. The molecule has 1 aliphatic rings. The molecular weight excluding hydrogens is 463 g/mol. The van der Waals surface area contributed by atoms with Crippen LogP contribution in [-0.2, 0) is 4.74 Å². The van der Waals surface area contributed by atoms with Crippen molar-refractivity contribution in [3.63, 3.8) is 0 Å². The first kappa shape index (κ1) is 19.2. The number of halogens is 3. The van der Waals surface area contributed by atoms with Crippen LogP contribution in [-0.4, -0.2) is 13.7 Å². The molecular formula is C20H18F2IN3O. The van der Waals surface area contributed by atoms with Crippen LogP contribution in [0.15, 0.2) is 61.1 Å². The van der Waals surface area contributed by atoms with Crippen LogP contribution < -0.4 is 16.0 Å². The summed E-state index contributed by atoms with van der Waals surface area (Å²) in [4.78, 5) is 1.72. The standard InChI is InChI=1S/C20H18F2IN3O/c1-11(24)10-27-19-9-26(3)18-7-13(21)6-17(20(18)12(19)2)25-16-5-4-14(23)8-15(16)22/h4-9,25H,1-2,10,24H2,3H3. The molecule has 0 spiro atoms. The van der Waals surface area contributed by atoms with E-state index in [4.69, 9.17) is 10.5 Å². The van der Waals surface area contributed by atoms with Gasteiger partial charge in [-0.2, -0.15) is 0 Å². The molecule has 3 rings (SSSR count). The maximum absolute atomic E-state index is 14.3. The fraction of sp³-hybridized carbons (Fsp3) is 0.100. The highest BCUT2D eigenvalue weighted by molar-refractivity contribution is 14.1. The second kappa shape index (κ2) is 7.59. The van der Waals surface area contributed by atoms with E-state index in [-0.39, 0.29) is 12.3 Å². The average Bonchev–Trinajstić information content (AvgIpc) is 2.58. The Morgan fingerprint density at radius 1 is 1.26 bits per heavy atom. The molecule has 0 aliphatic carbocycles. The van der Waals surface area contributed by atoms with Gasteiger partial charge in [-0.3, -0.25) is 0 Å². The Morgan fingerprint density at radius 3 is 2.67 bits per heavy atom. The lowest BCUT2D eigenvalue weighted by atomic mass is 9.97. The number of rotatable bonds is 5. The van der Waals surface area contributed by atoms with Crippen LogP contribution >= 0.6 is 22.6 Å². The lowest BCUT2D eigenvalue weighted by Crippen LogP contribution is -2.20. The molecule has 4 nitrogen and oxygen atoms in total. The fourth-order valence-electron chi connectivity index (χ4n) is 2.76. The summed E-state index contributed by atoms with van der Waals surface area (Å²) in [6, 6.07) is 7.47. The molecule has 0 saturated carbocycles. The van der Waals surface area contributed by atoms with Crippen LogP contribution in [0.1, 0.15) is 5.56 Å². The van der Waals surface area contributed by atoms with E-state index in [9.17, 15) is 8.78 Å². The SMILES string of the molecule is C=C(N)COC1=CN(C)c2cc(F)cc(Nc3ccc(I)cc3F)c2C1=C. The smallest absolute Gasteiger partial charge is 0.147 e. The number of ether oxygens (including phenoxy) is 1. The second-order valence-electron chi connectivity index (χ2n) is 6.13. The van der Waals surface area contributed by atoms with Gasteiger partial charge in [0.25, 0.3) is 0 Å². The van der Waals surface area contributed by atoms with Gasteiger partial charge in [0.05, 0.1) is 17.1 Å². The average molecular weight is 481 g/mol. The number of hydrogen-bond donors (Lipinski definition) is 2. The topological polar surface area (TPSA) is 50.5 Å². The number of hydrogen-bond acceptors (Lipinski definition) is 4. The van der Waals surface area contributed by atoms with Crippen molar-refractivity contribution in [3.8, 4) is 0 Å². The highest BCUT2D eigenvalue weighted by Gasteiger charge is 2.25. The number of anilines is 3. The molecule has 2 aromatic rings. The van der Waals surface area contributed by atoms with Crippen molar-refractivity contribution in [2.45, 2.75) is 0 Å². The van der Waals surface area contributed by atoms with Gasteiger partial charge in [-0.05, 0) is 52.9 Å². The van der Waals surface area contributed by atoms with Crippen LogP contribution in [0, 0.1) is 15.2 Å². The molecule has 0 radical (unpaired) electrons. The predicted molar refractivity (Wildman–Crippen MR) is 114 cm³/mol. The molecule has 0 atom stereocenters. The third-order valence-corrected chi connectivity index (χ3v) is 4.66. The van der Waals surface area contributed by atoms with Crippen LogP contribution in [0.25, 0.3) is 5.57 Å². The summed E-state index contributed by atoms with van der Waals surface area (Å²) in [5.41, 5.74) is 8.33. The summed E-state index contributed by atoms with van der Waals surface area (Å²) in [5.74, 6) is -0.398. The minimum Gasteiger partial charge on any atom is -0.485 e. The highest BCUT2D eigenvalue weighted by Crippen LogP contribution is 2.42. The molecule has 3 N–H and O–H groups in total. The zero-order valence-corrected chi connectivity index (χ0v) is 16.8. The summed E-state index contributed by atoms with van der Waals surface area (Å²) in [6.45, 7) is 7.81. The van der Waals surface area contributed by atoms with E-state index in [0.29, 0.717) is 34.0 Å². The monoisotopic (exact) mass is 481 g/mol. The van der Waals surface area contributed by atoms with Gasteiger partial charge in [0.1, 0.15) is 24.0 Å². The molecule has 27 heavy (non-hydrogen) atoms. The number of nitrogens with two attached hydrogens (primary N) is 1. The number of nitrogens with one attached hydrogen (secondary N) is 1. The molecule has 2 aromatic carbocycles. The lowest BCUT2D eigenvalue weighted by Gasteiger charge is -2.29. The molecule has 0 amide bonds. The molecule has 1 aliphatic heterocycles. The quantitative estimate of drug-likeness (QED) is 0.584. The van der Waals surface area contributed by atoms with E-state index in [0.717, 1.165) is 3.57 Å². The van der Waals surface area contributed by atoms with Crippen LogP contribution in [0.4, 0.5) is 25.8 Å². The first-order chi connectivity index (χ1) is 12.8. The summed E-state index contributed by atoms with van der Waals surface area (Å²) >= 11 is 2.03. The van der Waals surface area contributed by atoms with Crippen molar-refractivity contribution in [1.82, 2.24) is 0 Å². The number of benzene rings is 2. The summed E-state index contributed by atoms with van der Waals surface area (Å²) in [6.07, 6.45) is 1.70. The minimum absolute atomic E-state index is 0.129. The van der Waals surface area contributed by atoms with Gasteiger partial charge in [-0.25, -0.2) is 8.78 Å². The minimum atomic E-state index is -0.449. The van der Waals surface area contributed by atoms with Gasteiger partial charge >= 0.3 is 0 Å². The maximum atomic E-state index is 14.3. The first-order valence-electron chi connectivity index (χ1n) is 8.02. The number of allylic oxidation sites excluding steroid dienone is 1. The van der Waals surface area contributed by atoms with E-state index in [2.05, 4.69) is 18.5 Å². The molecule has 7 heteroatoms. The van der Waals surface area contributed by atoms with Crippen molar-refractivity contribution >= 4 is 45.2 Å². The van der Waals surface area contributed by atoms with Crippen LogP contribution in [0.5, 0.6) is 0 Å². The molecule has 0 bridgehead atoms. The Labute approximate surface area is 170 Å². The molecule has 140 valence electrons. The molecule has 0 saturated heterocycles. The third-order valence-electron chi connectivity index (χ3n) is 3.99. The van der Waals surface area contributed by atoms with Crippen molar-refractivity contribution in [2.24, 2.45) is 5.73 Å². The summed E-state index contributed by atoms with van der Waals surface area (Å²) < 4.78 is 34.9. The Bertz CT molecular complexity index is 972. The Balaban J connectivity index is 2.03. The Hall–Kier alpha value is -2.55. The van der Waals surface area contributed by atoms with Gasteiger partial charge in [0.2, 0.25) is 0 Å². The third kappa shape index (κ3) is 4.08. The largest absolute Gasteiger partial charge is 0.485 e. The zero-order valence-electron chi connectivity index (χ0n) is 14.7. The highest BCUT2D eigenvalue weighted by atomic mass is 127. The lowest BCUT2D eigenvalue weighted by molar-refractivity contribution is 0.254. The first-order valence-corrected chi connectivity index (χ1v) is 9.10. The molecule has 0 aromatic heterocycles. The summed E-state index contributed by atoms with van der Waals surface area (Å²) in [7, 11) is 1.76. The van der Waals surface area contributed by atoms with Gasteiger partial charge in [0.15, 0.2) is 0 Å². The zero-order chi connectivity index (χ0) is 19.7. The van der Waals surface area contributed by atoms with Crippen LogP contribution in [0.2, 0.25) is 0 Å². The van der Waals surface area contributed by atoms with Crippen molar-refractivity contribution in [2.75, 3.05) is 23.9 Å². The number of nitrogens with zero attached hydrogens (tertiary/aromatic N) is 1. The number of fused-ring (bicyclic) bond motifs is 1. The van der Waals surface area contributed by atoms with Crippen molar-refractivity contribution in [1.29, 1.82) is 0 Å². The van der Waals surface area contributed by atoms with Crippen molar-refractivity contribution in [3.05, 3.63) is 81.9 Å².